The monoisotopic (exact) mass is 299 g/mol. The Morgan fingerprint density at radius 2 is 1.95 bits per heavy atom. The summed E-state index contributed by atoms with van der Waals surface area (Å²) in [5, 5.41) is 3.81. The van der Waals surface area contributed by atoms with Gasteiger partial charge in [0.2, 0.25) is 0 Å². The molecule has 0 amide bonds. The molecule has 2 aromatic rings. The summed E-state index contributed by atoms with van der Waals surface area (Å²) in [4.78, 5) is -0.325. The predicted molar refractivity (Wildman–Crippen MR) is 73.9 cm³/mol. The molecular formula is C13H12F3N3S. The lowest BCUT2D eigenvalue weighted by molar-refractivity contribution is -0.142. The van der Waals surface area contributed by atoms with E-state index in [1.165, 1.54) is 0 Å². The van der Waals surface area contributed by atoms with Gasteiger partial charge in [0.15, 0.2) is 5.69 Å². The highest BCUT2D eigenvalue weighted by Gasteiger charge is 2.39. The van der Waals surface area contributed by atoms with E-state index in [2.05, 4.69) is 17.3 Å². The Balaban J connectivity index is 2.76. The molecule has 0 fully saturated rings. The molecule has 1 aromatic carbocycles. The zero-order chi connectivity index (χ0) is 15.1. The second-order valence-electron chi connectivity index (χ2n) is 4.40. The number of hydrogen-bond acceptors (Lipinski definition) is 2. The SMILES string of the molecule is Cc1cccc(-n2ncc(C(N)=S)c2C(F)(F)F)c1C. The van der Waals surface area contributed by atoms with Gasteiger partial charge >= 0.3 is 6.18 Å². The topological polar surface area (TPSA) is 43.8 Å². The third kappa shape index (κ3) is 2.40. The van der Waals surface area contributed by atoms with E-state index in [9.17, 15) is 13.2 Å². The number of benzene rings is 1. The van der Waals surface area contributed by atoms with Gasteiger partial charge in [-0.15, -0.1) is 0 Å². The van der Waals surface area contributed by atoms with Gasteiger partial charge in [-0.25, -0.2) is 4.68 Å². The van der Waals surface area contributed by atoms with Crippen molar-refractivity contribution < 1.29 is 13.2 Å². The van der Waals surface area contributed by atoms with Gasteiger partial charge in [0.25, 0.3) is 0 Å². The highest BCUT2D eigenvalue weighted by atomic mass is 32.1. The molecular weight excluding hydrogens is 287 g/mol. The summed E-state index contributed by atoms with van der Waals surface area (Å²) in [6.45, 7) is 3.57. The standard InChI is InChI=1S/C13H12F3N3S/c1-7-4-3-5-10(8(7)2)19-11(13(14,15)16)9(6-18-19)12(17)20/h3-6H,1-2H3,(H2,17,20). The Bertz CT molecular complexity index is 674. The second-order valence-corrected chi connectivity index (χ2v) is 4.84. The van der Waals surface area contributed by atoms with E-state index >= 15 is 0 Å². The summed E-state index contributed by atoms with van der Waals surface area (Å²) >= 11 is 4.66. The summed E-state index contributed by atoms with van der Waals surface area (Å²) in [5.41, 5.74) is 6.09. The van der Waals surface area contributed by atoms with E-state index in [0.29, 0.717) is 5.69 Å². The van der Waals surface area contributed by atoms with Crippen LogP contribution in [0.5, 0.6) is 0 Å². The third-order valence-electron chi connectivity index (χ3n) is 3.11. The van der Waals surface area contributed by atoms with Gasteiger partial charge in [0.1, 0.15) is 4.99 Å². The van der Waals surface area contributed by atoms with E-state index in [1.54, 1.807) is 19.1 Å². The molecule has 0 aliphatic rings. The molecule has 0 atom stereocenters. The van der Waals surface area contributed by atoms with Crippen LogP contribution in [0.3, 0.4) is 0 Å². The van der Waals surface area contributed by atoms with Crippen LogP contribution in [0.25, 0.3) is 5.69 Å². The average molecular weight is 299 g/mol. The number of aromatic nitrogens is 2. The maximum Gasteiger partial charge on any atom is 0.434 e. The van der Waals surface area contributed by atoms with Crippen LogP contribution in [0.1, 0.15) is 22.4 Å². The number of hydrogen-bond donors (Lipinski definition) is 1. The van der Waals surface area contributed by atoms with E-state index in [4.69, 9.17) is 5.73 Å². The lowest BCUT2D eigenvalue weighted by Gasteiger charge is -2.15. The molecule has 3 nitrogen and oxygen atoms in total. The van der Waals surface area contributed by atoms with Crippen LogP contribution >= 0.6 is 12.2 Å². The smallest absolute Gasteiger partial charge is 0.389 e. The van der Waals surface area contributed by atoms with Crippen LogP contribution in [0.2, 0.25) is 0 Å². The Kier molecular flexibility index (Phi) is 3.56. The van der Waals surface area contributed by atoms with Crippen LogP contribution in [0.4, 0.5) is 13.2 Å². The van der Waals surface area contributed by atoms with Crippen molar-refractivity contribution in [2.75, 3.05) is 0 Å². The van der Waals surface area contributed by atoms with E-state index in [0.717, 1.165) is 22.0 Å². The zero-order valence-corrected chi connectivity index (χ0v) is 11.6. The van der Waals surface area contributed by atoms with E-state index < -0.39 is 11.9 Å². The molecule has 0 saturated heterocycles. The summed E-state index contributed by atoms with van der Waals surface area (Å²) < 4.78 is 40.6. The van der Waals surface area contributed by atoms with Crippen LogP contribution in [0, 0.1) is 13.8 Å². The van der Waals surface area contributed by atoms with Crippen LogP contribution in [-0.4, -0.2) is 14.8 Å². The first kappa shape index (κ1) is 14.5. The Morgan fingerprint density at radius 3 is 2.50 bits per heavy atom. The highest BCUT2D eigenvalue weighted by Crippen LogP contribution is 2.34. The number of aryl methyl sites for hydroxylation is 1. The van der Waals surface area contributed by atoms with Crippen molar-refractivity contribution in [1.82, 2.24) is 9.78 Å². The first-order chi connectivity index (χ1) is 9.23. The molecule has 0 bridgehead atoms. The van der Waals surface area contributed by atoms with Crippen molar-refractivity contribution in [2.24, 2.45) is 5.73 Å². The minimum absolute atomic E-state index is 0.270. The Hall–Kier alpha value is -1.89. The quantitative estimate of drug-likeness (QED) is 0.866. The van der Waals surface area contributed by atoms with Crippen LogP contribution in [-0.2, 0) is 6.18 Å². The Labute approximate surface area is 119 Å². The number of thiocarbonyl (C=S) groups is 1. The maximum atomic E-state index is 13.2. The molecule has 2 rings (SSSR count). The molecule has 0 unspecified atom stereocenters. The minimum atomic E-state index is -4.59. The zero-order valence-electron chi connectivity index (χ0n) is 10.8. The van der Waals surface area contributed by atoms with Gasteiger partial charge in [-0.1, -0.05) is 24.4 Å². The largest absolute Gasteiger partial charge is 0.434 e. The minimum Gasteiger partial charge on any atom is -0.389 e. The molecule has 0 spiro atoms. The average Bonchev–Trinajstić information content (AvgIpc) is 2.77. The van der Waals surface area contributed by atoms with Gasteiger partial charge in [-0.05, 0) is 31.0 Å². The molecule has 0 saturated carbocycles. The fourth-order valence-electron chi connectivity index (χ4n) is 1.95. The van der Waals surface area contributed by atoms with Gasteiger partial charge < -0.3 is 5.73 Å². The lowest BCUT2D eigenvalue weighted by atomic mass is 10.1. The van der Waals surface area contributed by atoms with Crippen LogP contribution < -0.4 is 5.73 Å². The van der Waals surface area contributed by atoms with Gasteiger partial charge in [-0.2, -0.15) is 18.3 Å². The predicted octanol–water partition coefficient (Wildman–Crippen LogP) is 3.14. The molecule has 2 N–H and O–H groups in total. The van der Waals surface area contributed by atoms with Crippen LogP contribution in [0.15, 0.2) is 24.4 Å². The molecule has 7 heteroatoms. The number of rotatable bonds is 2. The first-order valence-electron chi connectivity index (χ1n) is 5.75. The summed E-state index contributed by atoms with van der Waals surface area (Å²) in [5.74, 6) is 0. The van der Waals surface area contributed by atoms with E-state index in [1.807, 2.05) is 13.0 Å². The van der Waals surface area contributed by atoms with Crippen molar-refractivity contribution >= 4 is 17.2 Å². The molecule has 0 aliphatic heterocycles. The summed E-state index contributed by atoms with van der Waals surface area (Å²) in [7, 11) is 0. The summed E-state index contributed by atoms with van der Waals surface area (Å²) in [6, 6.07) is 5.08. The van der Waals surface area contributed by atoms with Crippen molar-refractivity contribution in [3.63, 3.8) is 0 Å². The second kappa shape index (κ2) is 4.90. The van der Waals surface area contributed by atoms with Gasteiger partial charge in [-0.3, -0.25) is 0 Å². The van der Waals surface area contributed by atoms with Gasteiger partial charge in [0, 0.05) is 0 Å². The normalized spacial score (nSPS) is 11.7. The van der Waals surface area contributed by atoms with Crippen molar-refractivity contribution in [3.8, 4) is 5.69 Å². The van der Waals surface area contributed by atoms with Gasteiger partial charge in [0.05, 0.1) is 17.4 Å². The number of halogens is 3. The number of nitrogens with two attached hydrogens (primary N) is 1. The Morgan fingerprint density at radius 1 is 1.30 bits per heavy atom. The van der Waals surface area contributed by atoms with Crippen molar-refractivity contribution in [3.05, 3.63) is 46.8 Å². The number of nitrogens with zero attached hydrogens (tertiary/aromatic N) is 2. The lowest BCUT2D eigenvalue weighted by Crippen LogP contribution is -2.20. The molecule has 1 heterocycles. The maximum absolute atomic E-state index is 13.2. The third-order valence-corrected chi connectivity index (χ3v) is 3.33. The molecule has 1 aromatic heterocycles. The fourth-order valence-corrected chi connectivity index (χ4v) is 2.10. The number of alkyl halides is 3. The molecule has 20 heavy (non-hydrogen) atoms. The highest BCUT2D eigenvalue weighted by molar-refractivity contribution is 7.80. The first-order valence-corrected chi connectivity index (χ1v) is 6.16. The molecule has 106 valence electrons. The fraction of sp³-hybridized carbons (Fsp3) is 0.231. The molecule has 0 aliphatic carbocycles. The van der Waals surface area contributed by atoms with E-state index in [-0.39, 0.29) is 10.6 Å². The van der Waals surface area contributed by atoms with Crippen molar-refractivity contribution in [2.45, 2.75) is 20.0 Å². The summed E-state index contributed by atoms with van der Waals surface area (Å²) in [6.07, 6.45) is -3.54. The van der Waals surface area contributed by atoms with Crippen molar-refractivity contribution in [1.29, 1.82) is 0 Å². The molecule has 0 radical (unpaired) electrons.